The number of benzene rings is 1. The van der Waals surface area contributed by atoms with Crippen LogP contribution in [0.15, 0.2) is 18.2 Å². The Morgan fingerprint density at radius 2 is 2.28 bits per heavy atom. The van der Waals surface area contributed by atoms with E-state index in [0.29, 0.717) is 5.02 Å². The summed E-state index contributed by atoms with van der Waals surface area (Å²) >= 11 is 6.18. The molecule has 3 nitrogen and oxygen atoms in total. The van der Waals surface area contributed by atoms with Gasteiger partial charge in [0, 0.05) is 6.54 Å². The molecule has 1 N–H and O–H groups in total. The minimum Gasteiger partial charge on any atom is -0.309 e. The second-order valence-corrected chi connectivity index (χ2v) is 5.15. The first-order chi connectivity index (χ1) is 8.63. The van der Waals surface area contributed by atoms with Crippen molar-refractivity contribution in [2.45, 2.75) is 32.7 Å². The molecule has 98 valence electrons. The maximum Gasteiger partial charge on any atom is 0.244 e. The van der Waals surface area contributed by atoms with Gasteiger partial charge in [-0.05, 0) is 44.0 Å². The van der Waals surface area contributed by atoms with Crippen molar-refractivity contribution >= 4 is 23.2 Å². The molecule has 1 aliphatic heterocycles. The minimum atomic E-state index is -0.0541. The van der Waals surface area contributed by atoms with Crippen molar-refractivity contribution in [3.05, 3.63) is 28.8 Å². The highest BCUT2D eigenvalue weighted by Gasteiger charge is 2.32. The van der Waals surface area contributed by atoms with E-state index in [1.54, 1.807) is 4.90 Å². The van der Waals surface area contributed by atoms with E-state index in [1.165, 1.54) is 0 Å². The van der Waals surface area contributed by atoms with Crippen LogP contribution in [0.5, 0.6) is 0 Å². The summed E-state index contributed by atoms with van der Waals surface area (Å²) in [5, 5.41) is 3.92. The third-order valence-electron chi connectivity index (χ3n) is 3.24. The van der Waals surface area contributed by atoms with Crippen LogP contribution in [-0.4, -0.2) is 25.0 Å². The highest BCUT2D eigenvalue weighted by molar-refractivity contribution is 6.34. The lowest BCUT2D eigenvalue weighted by molar-refractivity contribution is -0.118. The SMILES string of the molecule is CCCNC1CCN(c2cc(C)ccc2Cl)C1=O. The highest BCUT2D eigenvalue weighted by Crippen LogP contribution is 2.30. The maximum absolute atomic E-state index is 12.3. The van der Waals surface area contributed by atoms with E-state index >= 15 is 0 Å². The Morgan fingerprint density at radius 1 is 1.50 bits per heavy atom. The van der Waals surface area contributed by atoms with Gasteiger partial charge in [-0.25, -0.2) is 0 Å². The van der Waals surface area contributed by atoms with Gasteiger partial charge in [-0.3, -0.25) is 4.79 Å². The van der Waals surface area contributed by atoms with Crippen LogP contribution in [0.25, 0.3) is 0 Å². The average molecular weight is 267 g/mol. The molecule has 1 fully saturated rings. The first-order valence-corrected chi connectivity index (χ1v) is 6.82. The second-order valence-electron chi connectivity index (χ2n) is 4.74. The fraction of sp³-hybridized carbons (Fsp3) is 0.500. The lowest BCUT2D eigenvalue weighted by Gasteiger charge is -2.19. The molecule has 0 bridgehead atoms. The zero-order chi connectivity index (χ0) is 13.1. The van der Waals surface area contributed by atoms with E-state index < -0.39 is 0 Å². The van der Waals surface area contributed by atoms with Gasteiger partial charge in [0.15, 0.2) is 0 Å². The zero-order valence-electron chi connectivity index (χ0n) is 10.9. The van der Waals surface area contributed by atoms with Gasteiger partial charge in [0.25, 0.3) is 0 Å². The molecule has 1 amide bonds. The molecule has 0 spiro atoms. The maximum atomic E-state index is 12.3. The molecule has 0 saturated carbocycles. The van der Waals surface area contributed by atoms with E-state index in [1.807, 2.05) is 25.1 Å². The highest BCUT2D eigenvalue weighted by atomic mass is 35.5. The Balaban J connectivity index is 2.15. The zero-order valence-corrected chi connectivity index (χ0v) is 11.6. The van der Waals surface area contributed by atoms with Crippen LogP contribution in [0.3, 0.4) is 0 Å². The lowest BCUT2D eigenvalue weighted by Crippen LogP contribution is -2.38. The normalized spacial score (nSPS) is 19.6. The van der Waals surface area contributed by atoms with Crippen molar-refractivity contribution < 1.29 is 4.79 Å². The molecular formula is C14H19ClN2O. The molecule has 1 atom stereocenters. The van der Waals surface area contributed by atoms with E-state index in [0.717, 1.165) is 37.2 Å². The number of amides is 1. The largest absolute Gasteiger partial charge is 0.309 e. The first-order valence-electron chi connectivity index (χ1n) is 6.44. The monoisotopic (exact) mass is 266 g/mol. The van der Waals surface area contributed by atoms with Crippen LogP contribution in [0.2, 0.25) is 5.02 Å². The van der Waals surface area contributed by atoms with Crippen LogP contribution >= 0.6 is 11.6 Å². The quantitative estimate of drug-likeness (QED) is 0.909. The number of carbonyl (C=O) groups is 1. The smallest absolute Gasteiger partial charge is 0.244 e. The summed E-state index contributed by atoms with van der Waals surface area (Å²) in [6.45, 7) is 5.73. The van der Waals surface area contributed by atoms with Crippen LogP contribution in [0, 0.1) is 6.92 Å². The third kappa shape index (κ3) is 2.68. The number of anilines is 1. The van der Waals surface area contributed by atoms with E-state index in [-0.39, 0.29) is 11.9 Å². The lowest BCUT2D eigenvalue weighted by atomic mass is 10.2. The Labute approximate surface area is 113 Å². The van der Waals surface area contributed by atoms with Gasteiger partial charge in [0.05, 0.1) is 16.8 Å². The number of aryl methyl sites for hydroxylation is 1. The molecule has 1 unspecified atom stereocenters. The molecule has 1 aliphatic rings. The summed E-state index contributed by atoms with van der Waals surface area (Å²) in [6, 6.07) is 5.73. The minimum absolute atomic E-state index is 0.0541. The number of rotatable bonds is 4. The molecule has 1 saturated heterocycles. The topological polar surface area (TPSA) is 32.3 Å². The molecule has 18 heavy (non-hydrogen) atoms. The summed E-state index contributed by atoms with van der Waals surface area (Å²) in [5.41, 5.74) is 1.95. The van der Waals surface area contributed by atoms with Crippen LogP contribution < -0.4 is 10.2 Å². The molecule has 4 heteroatoms. The molecule has 1 aromatic rings. The summed E-state index contributed by atoms with van der Waals surface area (Å²) in [6.07, 6.45) is 1.89. The summed E-state index contributed by atoms with van der Waals surface area (Å²) < 4.78 is 0. The van der Waals surface area contributed by atoms with Gasteiger partial charge in [-0.2, -0.15) is 0 Å². The summed E-state index contributed by atoms with van der Waals surface area (Å²) in [4.78, 5) is 14.1. The molecule has 0 aliphatic carbocycles. The van der Waals surface area contributed by atoms with Crippen molar-refractivity contribution in [3.63, 3.8) is 0 Å². The molecular weight excluding hydrogens is 248 g/mol. The van der Waals surface area contributed by atoms with Crippen molar-refractivity contribution in [1.82, 2.24) is 5.32 Å². The number of nitrogens with zero attached hydrogens (tertiary/aromatic N) is 1. The van der Waals surface area contributed by atoms with Crippen molar-refractivity contribution in [2.24, 2.45) is 0 Å². The Bertz CT molecular complexity index is 447. The average Bonchev–Trinajstić information content (AvgIpc) is 2.71. The van der Waals surface area contributed by atoms with Gasteiger partial charge in [-0.15, -0.1) is 0 Å². The number of nitrogens with one attached hydrogen (secondary N) is 1. The van der Waals surface area contributed by atoms with Gasteiger partial charge in [0.1, 0.15) is 0 Å². The molecule has 1 heterocycles. The number of halogens is 1. The third-order valence-corrected chi connectivity index (χ3v) is 3.56. The van der Waals surface area contributed by atoms with Crippen LogP contribution in [0.1, 0.15) is 25.3 Å². The molecule has 1 aromatic carbocycles. The van der Waals surface area contributed by atoms with E-state index in [2.05, 4.69) is 12.2 Å². The summed E-state index contributed by atoms with van der Waals surface area (Å²) in [5.74, 6) is 0.135. The predicted molar refractivity (Wildman–Crippen MR) is 75.2 cm³/mol. The van der Waals surface area contributed by atoms with Crippen molar-refractivity contribution in [1.29, 1.82) is 0 Å². The van der Waals surface area contributed by atoms with E-state index in [4.69, 9.17) is 11.6 Å². The number of carbonyl (C=O) groups excluding carboxylic acids is 1. The van der Waals surface area contributed by atoms with Gasteiger partial charge in [0.2, 0.25) is 5.91 Å². The van der Waals surface area contributed by atoms with E-state index in [9.17, 15) is 4.79 Å². The fourth-order valence-electron chi connectivity index (χ4n) is 2.26. The fourth-order valence-corrected chi connectivity index (χ4v) is 2.48. The molecule has 0 aromatic heterocycles. The predicted octanol–water partition coefficient (Wildman–Crippen LogP) is 2.75. The van der Waals surface area contributed by atoms with Gasteiger partial charge >= 0.3 is 0 Å². The summed E-state index contributed by atoms with van der Waals surface area (Å²) in [7, 11) is 0. The Hall–Kier alpha value is -1.06. The van der Waals surface area contributed by atoms with Crippen LogP contribution in [-0.2, 0) is 4.79 Å². The Kier molecular flexibility index (Phi) is 4.25. The standard InChI is InChI=1S/C14H19ClN2O/c1-3-7-16-12-6-8-17(14(12)18)13-9-10(2)4-5-11(13)15/h4-5,9,12,16H,3,6-8H2,1-2H3. The van der Waals surface area contributed by atoms with Gasteiger partial charge < -0.3 is 10.2 Å². The first kappa shape index (κ1) is 13.4. The number of hydrogen-bond acceptors (Lipinski definition) is 2. The number of hydrogen-bond donors (Lipinski definition) is 1. The van der Waals surface area contributed by atoms with Crippen molar-refractivity contribution in [3.8, 4) is 0 Å². The second kappa shape index (κ2) is 5.72. The molecule has 0 radical (unpaired) electrons. The van der Waals surface area contributed by atoms with Crippen molar-refractivity contribution in [2.75, 3.05) is 18.0 Å². The van der Waals surface area contributed by atoms with Gasteiger partial charge in [-0.1, -0.05) is 24.6 Å². The molecule has 2 rings (SSSR count). The van der Waals surface area contributed by atoms with Crippen LogP contribution in [0.4, 0.5) is 5.69 Å². The Morgan fingerprint density at radius 3 is 3.00 bits per heavy atom.